The summed E-state index contributed by atoms with van der Waals surface area (Å²) in [5.74, 6) is 0. The fourth-order valence-electron chi connectivity index (χ4n) is 2.27. The monoisotopic (exact) mass is 260 g/mol. The van der Waals surface area contributed by atoms with Gasteiger partial charge in [0.15, 0.2) is 0 Å². The fourth-order valence-corrected chi connectivity index (χ4v) is 2.71. The molecule has 0 aliphatic carbocycles. The first-order valence-corrected chi connectivity index (χ1v) is 8.41. The molecule has 3 nitrogen and oxygen atoms in total. The number of nitrogens with one attached hydrogen (secondary N) is 1. The Balaban J connectivity index is 2.34. The summed E-state index contributed by atoms with van der Waals surface area (Å²) in [7, 11) is -0.675. The average molecular weight is 260 g/mol. The second-order valence-electron chi connectivity index (χ2n) is 5.49. The molecule has 1 rings (SSSR count). The number of hydrogen-bond acceptors (Lipinski definition) is 3. The van der Waals surface area contributed by atoms with E-state index in [4.69, 9.17) is 0 Å². The average Bonchev–Trinajstić information content (AvgIpc) is 2.25. The molecule has 4 atom stereocenters. The lowest BCUT2D eigenvalue weighted by atomic mass is 10.1. The Hall–Kier alpha value is 0.0700. The summed E-state index contributed by atoms with van der Waals surface area (Å²) in [5.41, 5.74) is 0. The van der Waals surface area contributed by atoms with Gasteiger partial charge in [-0.2, -0.15) is 0 Å². The van der Waals surface area contributed by atoms with Crippen LogP contribution in [0.2, 0.25) is 0 Å². The Labute approximate surface area is 109 Å². The third-order valence-electron chi connectivity index (χ3n) is 3.74. The normalized spacial score (nSPS) is 31.5. The molecule has 17 heavy (non-hydrogen) atoms. The lowest BCUT2D eigenvalue weighted by Crippen LogP contribution is -2.43. The van der Waals surface area contributed by atoms with Gasteiger partial charge in [-0.25, -0.2) is 0 Å². The van der Waals surface area contributed by atoms with Crippen LogP contribution in [0.3, 0.4) is 0 Å². The van der Waals surface area contributed by atoms with Crippen LogP contribution in [0, 0.1) is 0 Å². The number of nitrogens with zero attached hydrogens (tertiary/aromatic N) is 1. The minimum atomic E-state index is -0.675. The minimum Gasteiger partial charge on any atom is -0.312 e. The van der Waals surface area contributed by atoms with E-state index in [1.54, 1.807) is 0 Å². The molecule has 4 unspecified atom stereocenters. The number of rotatable bonds is 4. The first-order chi connectivity index (χ1) is 7.99. The molecule has 1 aliphatic heterocycles. The van der Waals surface area contributed by atoms with Crippen molar-refractivity contribution in [3.8, 4) is 0 Å². The van der Waals surface area contributed by atoms with Crippen LogP contribution in [-0.4, -0.2) is 52.3 Å². The van der Waals surface area contributed by atoms with Crippen LogP contribution in [0.5, 0.6) is 0 Å². The van der Waals surface area contributed by atoms with Gasteiger partial charge in [0.25, 0.3) is 0 Å². The zero-order chi connectivity index (χ0) is 12.8. The predicted octanol–water partition coefficient (Wildman–Crippen LogP) is 1.61. The molecule has 0 aromatic carbocycles. The molecule has 1 heterocycles. The first-order valence-electron chi connectivity index (χ1n) is 6.79. The van der Waals surface area contributed by atoms with Gasteiger partial charge in [0.2, 0.25) is 0 Å². The van der Waals surface area contributed by atoms with E-state index in [0.29, 0.717) is 17.3 Å². The van der Waals surface area contributed by atoms with Gasteiger partial charge in [-0.3, -0.25) is 4.21 Å². The van der Waals surface area contributed by atoms with E-state index in [9.17, 15) is 4.21 Å². The maximum atomic E-state index is 11.3. The number of hydrogen-bond donors (Lipinski definition) is 1. The Morgan fingerprint density at radius 2 is 1.82 bits per heavy atom. The SMILES string of the molecule is CC1CCN(CCC(C)S(C)=O)CCC(C)N1. The largest absolute Gasteiger partial charge is 0.312 e. The maximum Gasteiger partial charge on any atom is 0.0329 e. The molecule has 1 aliphatic rings. The van der Waals surface area contributed by atoms with Crippen molar-refractivity contribution in [2.75, 3.05) is 25.9 Å². The van der Waals surface area contributed by atoms with E-state index in [2.05, 4.69) is 31.0 Å². The van der Waals surface area contributed by atoms with E-state index in [1.807, 2.05) is 6.26 Å². The van der Waals surface area contributed by atoms with Gasteiger partial charge in [-0.05, 0) is 52.7 Å². The Kier molecular flexibility index (Phi) is 6.67. The van der Waals surface area contributed by atoms with Crippen LogP contribution in [0.25, 0.3) is 0 Å². The molecular formula is C13H28N2OS. The van der Waals surface area contributed by atoms with Crippen molar-refractivity contribution in [3.63, 3.8) is 0 Å². The van der Waals surface area contributed by atoms with E-state index >= 15 is 0 Å². The van der Waals surface area contributed by atoms with Crippen molar-refractivity contribution < 1.29 is 4.21 Å². The van der Waals surface area contributed by atoms with Crippen LogP contribution < -0.4 is 5.32 Å². The van der Waals surface area contributed by atoms with Gasteiger partial charge in [0.05, 0.1) is 0 Å². The Morgan fingerprint density at radius 1 is 1.29 bits per heavy atom. The van der Waals surface area contributed by atoms with E-state index < -0.39 is 10.8 Å². The highest BCUT2D eigenvalue weighted by Gasteiger charge is 2.16. The maximum absolute atomic E-state index is 11.3. The van der Waals surface area contributed by atoms with Crippen LogP contribution in [0.1, 0.15) is 40.0 Å². The highest BCUT2D eigenvalue weighted by molar-refractivity contribution is 7.84. The van der Waals surface area contributed by atoms with Crippen molar-refractivity contribution in [1.82, 2.24) is 10.2 Å². The smallest absolute Gasteiger partial charge is 0.0329 e. The summed E-state index contributed by atoms with van der Waals surface area (Å²) in [4.78, 5) is 2.54. The highest BCUT2D eigenvalue weighted by Crippen LogP contribution is 2.09. The van der Waals surface area contributed by atoms with Crippen molar-refractivity contribution in [2.24, 2.45) is 0 Å². The molecule has 102 valence electrons. The summed E-state index contributed by atoms with van der Waals surface area (Å²) < 4.78 is 11.3. The molecule has 0 aromatic heterocycles. The van der Waals surface area contributed by atoms with E-state index in [0.717, 1.165) is 13.0 Å². The molecule has 1 fully saturated rings. The molecule has 0 spiro atoms. The second kappa shape index (κ2) is 7.49. The van der Waals surface area contributed by atoms with Gasteiger partial charge in [-0.15, -0.1) is 0 Å². The molecular weight excluding hydrogens is 232 g/mol. The molecule has 0 amide bonds. The zero-order valence-corrected chi connectivity index (χ0v) is 12.6. The van der Waals surface area contributed by atoms with Crippen molar-refractivity contribution in [2.45, 2.75) is 57.4 Å². The second-order valence-corrected chi connectivity index (χ2v) is 7.29. The van der Waals surface area contributed by atoms with Crippen LogP contribution in [0.15, 0.2) is 0 Å². The zero-order valence-electron chi connectivity index (χ0n) is 11.7. The first kappa shape index (κ1) is 15.1. The van der Waals surface area contributed by atoms with Gasteiger partial charge >= 0.3 is 0 Å². The quantitative estimate of drug-likeness (QED) is 0.833. The molecule has 0 aromatic rings. The molecule has 0 saturated carbocycles. The molecule has 0 radical (unpaired) electrons. The molecule has 4 heteroatoms. The highest BCUT2D eigenvalue weighted by atomic mass is 32.2. The van der Waals surface area contributed by atoms with Crippen molar-refractivity contribution >= 4 is 10.8 Å². The van der Waals surface area contributed by atoms with Gasteiger partial charge in [0.1, 0.15) is 0 Å². The topological polar surface area (TPSA) is 32.3 Å². The predicted molar refractivity (Wildman–Crippen MR) is 75.9 cm³/mol. The van der Waals surface area contributed by atoms with Crippen LogP contribution >= 0.6 is 0 Å². The van der Waals surface area contributed by atoms with Crippen molar-refractivity contribution in [3.05, 3.63) is 0 Å². The third-order valence-corrected chi connectivity index (χ3v) is 5.11. The summed E-state index contributed by atoms with van der Waals surface area (Å²) in [6.45, 7) is 10.1. The summed E-state index contributed by atoms with van der Waals surface area (Å²) in [6, 6.07) is 1.23. The molecule has 0 bridgehead atoms. The fraction of sp³-hybridized carbons (Fsp3) is 1.00. The summed E-state index contributed by atoms with van der Waals surface area (Å²) in [5, 5.41) is 3.94. The Morgan fingerprint density at radius 3 is 2.29 bits per heavy atom. The summed E-state index contributed by atoms with van der Waals surface area (Å²) >= 11 is 0. The summed E-state index contributed by atoms with van der Waals surface area (Å²) in [6.07, 6.45) is 5.30. The van der Waals surface area contributed by atoms with E-state index in [1.165, 1.54) is 25.9 Å². The van der Waals surface area contributed by atoms with Gasteiger partial charge in [0, 0.05) is 34.4 Å². The Bertz CT molecular complexity index is 236. The van der Waals surface area contributed by atoms with Crippen molar-refractivity contribution in [1.29, 1.82) is 0 Å². The molecule has 1 N–H and O–H groups in total. The van der Waals surface area contributed by atoms with Crippen LogP contribution in [-0.2, 0) is 10.8 Å². The molecule has 1 saturated heterocycles. The third kappa shape index (κ3) is 5.98. The van der Waals surface area contributed by atoms with Gasteiger partial charge in [-0.1, -0.05) is 6.92 Å². The van der Waals surface area contributed by atoms with Crippen LogP contribution in [0.4, 0.5) is 0 Å². The standard InChI is InChI=1S/C13H28N2OS/c1-11-5-8-15(9-6-12(2)14-11)10-7-13(3)17(4)16/h11-14H,5-10H2,1-4H3. The van der Waals surface area contributed by atoms with E-state index in [-0.39, 0.29) is 0 Å². The lowest BCUT2D eigenvalue weighted by molar-refractivity contribution is 0.217. The van der Waals surface area contributed by atoms with Gasteiger partial charge < -0.3 is 10.2 Å². The lowest BCUT2D eigenvalue weighted by Gasteiger charge is -2.31. The minimum absolute atomic E-state index is 0.327.